The second-order valence-corrected chi connectivity index (χ2v) is 13.8. The molecule has 2 heterocycles. The van der Waals surface area contributed by atoms with E-state index in [2.05, 4.69) is 10.2 Å². The third-order valence-corrected chi connectivity index (χ3v) is 11.1. The lowest BCUT2D eigenvalue weighted by Gasteiger charge is -2.36. The topological polar surface area (TPSA) is 99.2 Å². The lowest BCUT2D eigenvalue weighted by atomic mass is 9.83. The molecule has 0 aromatic heterocycles. The van der Waals surface area contributed by atoms with Gasteiger partial charge in [0.05, 0.1) is 11.3 Å². The van der Waals surface area contributed by atoms with Crippen LogP contribution in [0.1, 0.15) is 55.3 Å². The predicted molar refractivity (Wildman–Crippen MR) is 164 cm³/mol. The number of likely N-dealkylation sites (N-methyl/N-ethyl adjacent to an activating group) is 1. The highest BCUT2D eigenvalue weighted by atomic mass is 32.2. The number of piperidine rings is 1. The molecule has 0 amide bonds. The number of nitrogens with one attached hydrogen (secondary N) is 1. The Morgan fingerprint density at radius 2 is 1.77 bits per heavy atom. The maximum atomic E-state index is 14.5. The number of anilines is 2. The zero-order valence-electron chi connectivity index (χ0n) is 24.3. The van der Waals surface area contributed by atoms with Crippen LogP contribution in [0, 0.1) is 11.7 Å². The number of sulfonamides is 1. The number of ether oxygens (including phenoxy) is 1. The van der Waals surface area contributed by atoms with E-state index in [4.69, 9.17) is 4.74 Å². The Labute approximate surface area is 252 Å². The lowest BCUT2D eigenvalue weighted by Crippen LogP contribution is -2.46. The van der Waals surface area contributed by atoms with E-state index in [1.54, 1.807) is 19.2 Å². The van der Waals surface area contributed by atoms with Gasteiger partial charge in [0.15, 0.2) is 0 Å². The van der Waals surface area contributed by atoms with Crippen LogP contribution in [0.3, 0.4) is 0 Å². The number of para-hydroxylation sites is 1. The molecule has 1 saturated heterocycles. The van der Waals surface area contributed by atoms with Crippen LogP contribution in [-0.4, -0.2) is 62.6 Å². The van der Waals surface area contributed by atoms with Crippen molar-refractivity contribution in [1.82, 2.24) is 9.62 Å². The predicted octanol–water partition coefficient (Wildman–Crippen LogP) is 6.04. The molecule has 0 unspecified atom stereocenters. The molecule has 3 aliphatic rings. The number of halogens is 1. The van der Waals surface area contributed by atoms with E-state index in [1.807, 2.05) is 30.3 Å². The van der Waals surface area contributed by atoms with Gasteiger partial charge in [-0.25, -0.2) is 17.6 Å². The molecule has 2 atom stereocenters. The summed E-state index contributed by atoms with van der Waals surface area (Å²) in [4.78, 5) is 14.0. The zero-order valence-corrected chi connectivity index (χ0v) is 25.2. The molecule has 6 rings (SSSR count). The van der Waals surface area contributed by atoms with Gasteiger partial charge in [0.25, 0.3) is 0 Å². The number of nitrogens with zero attached hydrogens (tertiary/aromatic N) is 2. The van der Waals surface area contributed by atoms with Gasteiger partial charge in [-0.3, -0.25) is 0 Å². The standard InChI is InChI=1S/C33H38FN3O5S/c1-36-30(22-9-4-2-5-10-22)21-37(24-11-6-3-7-12-24)29-19-31(42-25-13-8-16-35-20-25)26(18-32(29)43(36,40)41)23-14-15-28(34)27(17-23)33(38)39/h3,6-7,11-12,14-15,17-19,22,25,30,35H,2,4-5,8-10,13,16,20-21H2,1H3,(H,38,39)/t25-,30+/m1/s1. The second kappa shape index (κ2) is 12.3. The average molecular weight is 608 g/mol. The molecule has 3 aromatic carbocycles. The van der Waals surface area contributed by atoms with E-state index in [0.29, 0.717) is 35.7 Å². The maximum Gasteiger partial charge on any atom is 0.338 e. The summed E-state index contributed by atoms with van der Waals surface area (Å²) >= 11 is 0. The largest absolute Gasteiger partial charge is 0.488 e. The fourth-order valence-corrected chi connectivity index (χ4v) is 8.40. The van der Waals surface area contributed by atoms with E-state index in [1.165, 1.54) is 22.9 Å². The highest BCUT2D eigenvalue weighted by molar-refractivity contribution is 7.89. The van der Waals surface area contributed by atoms with Crippen LogP contribution in [0.25, 0.3) is 11.1 Å². The monoisotopic (exact) mass is 607 g/mol. The van der Waals surface area contributed by atoms with Gasteiger partial charge < -0.3 is 20.1 Å². The van der Waals surface area contributed by atoms with Crippen molar-refractivity contribution >= 4 is 27.4 Å². The van der Waals surface area contributed by atoms with Crippen LogP contribution in [0.5, 0.6) is 5.75 Å². The quantitative estimate of drug-likeness (QED) is 0.352. The summed E-state index contributed by atoms with van der Waals surface area (Å²) in [6, 6.07) is 16.8. The van der Waals surface area contributed by atoms with Crippen molar-refractivity contribution in [2.24, 2.45) is 5.92 Å². The Hall–Kier alpha value is -3.47. The molecule has 3 aromatic rings. The third kappa shape index (κ3) is 5.88. The van der Waals surface area contributed by atoms with E-state index in [0.717, 1.165) is 56.8 Å². The molecule has 8 nitrogen and oxygen atoms in total. The number of hydrogen-bond donors (Lipinski definition) is 2. The first-order chi connectivity index (χ1) is 20.7. The van der Waals surface area contributed by atoms with Crippen molar-refractivity contribution in [1.29, 1.82) is 0 Å². The average Bonchev–Trinajstić information content (AvgIpc) is 3.10. The number of carboxylic acid groups (broad SMARTS) is 1. The van der Waals surface area contributed by atoms with Gasteiger partial charge in [-0.1, -0.05) is 43.5 Å². The fraction of sp³-hybridized carbons (Fsp3) is 0.424. The van der Waals surface area contributed by atoms with Crippen molar-refractivity contribution in [2.45, 2.75) is 62.0 Å². The van der Waals surface area contributed by atoms with Crippen LogP contribution >= 0.6 is 0 Å². The molecule has 0 spiro atoms. The van der Waals surface area contributed by atoms with Gasteiger partial charge >= 0.3 is 5.97 Å². The zero-order chi connectivity index (χ0) is 30.1. The highest BCUT2D eigenvalue weighted by Crippen LogP contribution is 2.46. The molecular weight excluding hydrogens is 569 g/mol. The molecule has 10 heteroatoms. The molecule has 228 valence electrons. The summed E-state index contributed by atoms with van der Waals surface area (Å²) in [6.07, 6.45) is 6.89. The van der Waals surface area contributed by atoms with Gasteiger partial charge in [-0.15, -0.1) is 0 Å². The minimum absolute atomic E-state index is 0.113. The smallest absolute Gasteiger partial charge is 0.338 e. The third-order valence-electron chi connectivity index (χ3n) is 9.16. The normalized spacial score (nSPS) is 22.9. The Bertz CT molecular complexity index is 1590. The number of carboxylic acids is 1. The number of hydrogen-bond acceptors (Lipinski definition) is 6. The van der Waals surface area contributed by atoms with Crippen LogP contribution in [0.2, 0.25) is 0 Å². The maximum absolute atomic E-state index is 14.5. The summed E-state index contributed by atoms with van der Waals surface area (Å²) in [6.45, 7) is 2.01. The number of benzene rings is 3. The molecular formula is C33H38FN3O5S. The van der Waals surface area contributed by atoms with E-state index in [9.17, 15) is 22.7 Å². The molecule has 1 aliphatic carbocycles. The summed E-state index contributed by atoms with van der Waals surface area (Å²) in [5.74, 6) is -1.59. The van der Waals surface area contributed by atoms with Gasteiger partial charge in [-0.2, -0.15) is 4.31 Å². The summed E-state index contributed by atoms with van der Waals surface area (Å²) < 4.78 is 51.5. The van der Waals surface area contributed by atoms with Crippen LogP contribution in [-0.2, 0) is 10.0 Å². The minimum atomic E-state index is -3.98. The van der Waals surface area contributed by atoms with Crippen molar-refractivity contribution < 1.29 is 27.4 Å². The van der Waals surface area contributed by atoms with E-state index in [-0.39, 0.29) is 23.0 Å². The Balaban J connectivity index is 1.57. The van der Waals surface area contributed by atoms with Gasteiger partial charge in [0.2, 0.25) is 10.0 Å². The number of rotatable bonds is 6. The first-order valence-electron chi connectivity index (χ1n) is 15.1. The Morgan fingerprint density at radius 1 is 1.00 bits per heavy atom. The van der Waals surface area contributed by atoms with E-state index < -0.39 is 27.4 Å². The number of carbonyl (C=O) groups is 1. The van der Waals surface area contributed by atoms with Gasteiger partial charge in [-0.05, 0) is 74.0 Å². The first-order valence-corrected chi connectivity index (χ1v) is 16.6. The van der Waals surface area contributed by atoms with Crippen molar-refractivity contribution in [3.8, 4) is 16.9 Å². The molecule has 2 fully saturated rings. The van der Waals surface area contributed by atoms with Crippen LogP contribution < -0.4 is 15.0 Å². The number of fused-ring (bicyclic) bond motifs is 1. The first kappa shape index (κ1) is 29.6. The molecule has 1 saturated carbocycles. The van der Waals surface area contributed by atoms with Crippen molar-refractivity contribution in [2.75, 3.05) is 31.6 Å². The molecule has 0 bridgehead atoms. The molecule has 0 radical (unpaired) electrons. The van der Waals surface area contributed by atoms with Gasteiger partial charge in [0, 0.05) is 43.5 Å². The molecule has 43 heavy (non-hydrogen) atoms. The molecule has 2 N–H and O–H groups in total. The Kier molecular flexibility index (Phi) is 8.44. The second-order valence-electron chi connectivity index (χ2n) is 11.8. The summed E-state index contributed by atoms with van der Waals surface area (Å²) in [5.41, 5.74) is 1.69. The van der Waals surface area contributed by atoms with Crippen LogP contribution in [0.15, 0.2) is 65.6 Å². The van der Waals surface area contributed by atoms with E-state index >= 15 is 0 Å². The minimum Gasteiger partial charge on any atom is -0.488 e. The summed E-state index contributed by atoms with van der Waals surface area (Å²) in [5, 5.41) is 13.0. The molecule has 2 aliphatic heterocycles. The lowest BCUT2D eigenvalue weighted by molar-refractivity contribution is 0.0692. The van der Waals surface area contributed by atoms with Crippen molar-refractivity contribution in [3.05, 3.63) is 72.0 Å². The fourth-order valence-electron chi connectivity index (χ4n) is 6.80. The highest BCUT2D eigenvalue weighted by Gasteiger charge is 2.41. The number of aromatic carboxylic acids is 1. The SMILES string of the molecule is CN1[C@H](C2CCCCC2)CN(c2ccccc2)c2cc(O[C@@H]3CCCNC3)c(-c3ccc(F)c(C(=O)O)c3)cc2S1(=O)=O. The van der Waals surface area contributed by atoms with Crippen molar-refractivity contribution in [3.63, 3.8) is 0 Å². The Morgan fingerprint density at radius 3 is 2.47 bits per heavy atom. The van der Waals surface area contributed by atoms with Gasteiger partial charge in [0.1, 0.15) is 22.6 Å². The van der Waals surface area contributed by atoms with Crippen LogP contribution in [0.4, 0.5) is 15.8 Å². The summed E-state index contributed by atoms with van der Waals surface area (Å²) in [7, 11) is -2.31.